The Morgan fingerprint density at radius 3 is 2.94 bits per heavy atom. The van der Waals surface area contributed by atoms with Crippen molar-refractivity contribution in [2.24, 2.45) is 0 Å². The first kappa shape index (κ1) is 9.21. The van der Waals surface area contributed by atoms with Crippen molar-refractivity contribution < 1.29 is 4.74 Å². The minimum Gasteiger partial charge on any atom is -0.497 e. The van der Waals surface area contributed by atoms with Crippen molar-refractivity contribution in [2.45, 2.75) is 6.92 Å². The minimum absolute atomic E-state index is 0.836. The number of methoxy groups -OCH3 is 1. The fourth-order valence-corrected chi connectivity index (χ4v) is 2.01. The second kappa shape index (κ2) is 3.23. The number of hydrogen-bond donors (Lipinski definition) is 1. The molecule has 0 amide bonds. The van der Waals surface area contributed by atoms with E-state index in [0.29, 0.717) is 0 Å². The van der Waals surface area contributed by atoms with Gasteiger partial charge in [0.15, 0.2) is 0 Å². The third-order valence-electron chi connectivity index (χ3n) is 2.93. The molecule has 0 aliphatic rings. The van der Waals surface area contributed by atoms with Crippen LogP contribution in [0, 0.1) is 6.92 Å². The average molecular weight is 212 g/mol. The van der Waals surface area contributed by atoms with E-state index in [1.165, 1.54) is 10.9 Å². The van der Waals surface area contributed by atoms with Crippen molar-refractivity contribution in [2.75, 3.05) is 7.11 Å². The molecule has 2 aromatic heterocycles. The summed E-state index contributed by atoms with van der Waals surface area (Å²) in [6, 6.07) is 5.95. The first-order chi connectivity index (χ1) is 7.79. The molecule has 0 saturated carbocycles. The van der Waals surface area contributed by atoms with Crippen LogP contribution >= 0.6 is 0 Å². The van der Waals surface area contributed by atoms with Gasteiger partial charge in [-0.2, -0.15) is 0 Å². The number of aryl methyl sites for hydroxylation is 1. The second-order valence-electron chi connectivity index (χ2n) is 3.90. The van der Waals surface area contributed by atoms with E-state index in [1.54, 1.807) is 7.11 Å². The lowest BCUT2D eigenvalue weighted by Gasteiger charge is -2.02. The minimum atomic E-state index is 0.836. The summed E-state index contributed by atoms with van der Waals surface area (Å²) < 4.78 is 5.19. The number of hydrogen-bond acceptors (Lipinski definition) is 2. The summed E-state index contributed by atoms with van der Waals surface area (Å²) in [5.41, 5.74) is 3.32. The van der Waals surface area contributed by atoms with Crippen molar-refractivity contribution in [3.8, 4) is 5.75 Å². The molecular formula is C13H12N2O. The highest BCUT2D eigenvalue weighted by molar-refractivity contribution is 6.04. The highest BCUT2D eigenvalue weighted by atomic mass is 16.5. The summed E-state index contributed by atoms with van der Waals surface area (Å²) in [6.45, 7) is 2.08. The molecule has 3 nitrogen and oxygen atoms in total. The van der Waals surface area contributed by atoms with Crippen LogP contribution in [0.15, 0.2) is 30.6 Å². The molecule has 3 rings (SSSR count). The first-order valence-corrected chi connectivity index (χ1v) is 5.20. The van der Waals surface area contributed by atoms with Gasteiger partial charge in [0, 0.05) is 29.2 Å². The van der Waals surface area contributed by atoms with Crippen molar-refractivity contribution in [1.82, 2.24) is 9.97 Å². The fourth-order valence-electron chi connectivity index (χ4n) is 2.01. The first-order valence-electron chi connectivity index (χ1n) is 5.20. The third kappa shape index (κ3) is 1.18. The van der Waals surface area contributed by atoms with Gasteiger partial charge in [0.05, 0.1) is 18.1 Å². The third-order valence-corrected chi connectivity index (χ3v) is 2.93. The van der Waals surface area contributed by atoms with E-state index in [9.17, 15) is 0 Å². The van der Waals surface area contributed by atoms with Crippen molar-refractivity contribution in [1.29, 1.82) is 0 Å². The van der Waals surface area contributed by atoms with Gasteiger partial charge in [-0.25, -0.2) is 0 Å². The predicted molar refractivity (Wildman–Crippen MR) is 64.9 cm³/mol. The van der Waals surface area contributed by atoms with E-state index in [0.717, 1.165) is 22.2 Å². The number of nitrogens with one attached hydrogen (secondary N) is 1. The number of fused-ring (bicyclic) bond motifs is 3. The molecule has 0 unspecified atom stereocenters. The molecule has 0 saturated heterocycles. The maximum Gasteiger partial charge on any atom is 0.121 e. The maximum atomic E-state index is 5.19. The topological polar surface area (TPSA) is 37.9 Å². The van der Waals surface area contributed by atoms with Crippen LogP contribution in [0.1, 0.15) is 5.56 Å². The number of ether oxygens (including phenoxy) is 1. The normalized spacial score (nSPS) is 11.1. The highest BCUT2D eigenvalue weighted by Gasteiger charge is 2.05. The van der Waals surface area contributed by atoms with E-state index < -0.39 is 0 Å². The molecule has 3 aromatic rings. The number of benzene rings is 1. The van der Waals surface area contributed by atoms with Gasteiger partial charge in [0.25, 0.3) is 0 Å². The van der Waals surface area contributed by atoms with Crippen molar-refractivity contribution in [3.05, 3.63) is 36.2 Å². The van der Waals surface area contributed by atoms with Crippen LogP contribution in [0.25, 0.3) is 21.8 Å². The van der Waals surface area contributed by atoms with E-state index in [1.807, 2.05) is 30.6 Å². The Kier molecular flexibility index (Phi) is 1.86. The molecule has 16 heavy (non-hydrogen) atoms. The van der Waals surface area contributed by atoms with Crippen LogP contribution in [-0.4, -0.2) is 17.1 Å². The highest BCUT2D eigenvalue weighted by Crippen LogP contribution is 2.27. The van der Waals surface area contributed by atoms with Gasteiger partial charge in [-0.15, -0.1) is 0 Å². The van der Waals surface area contributed by atoms with Crippen LogP contribution in [0.4, 0.5) is 0 Å². The number of aromatic nitrogens is 2. The lowest BCUT2D eigenvalue weighted by Crippen LogP contribution is -1.85. The number of H-pyrrole nitrogens is 1. The Bertz CT molecular complexity index is 670. The summed E-state index contributed by atoms with van der Waals surface area (Å²) in [4.78, 5) is 7.74. The fraction of sp³-hybridized carbons (Fsp3) is 0.154. The van der Waals surface area contributed by atoms with Gasteiger partial charge in [-0.1, -0.05) is 0 Å². The van der Waals surface area contributed by atoms with Gasteiger partial charge in [0.1, 0.15) is 5.75 Å². The Morgan fingerprint density at radius 2 is 2.12 bits per heavy atom. The zero-order valence-electron chi connectivity index (χ0n) is 9.24. The summed E-state index contributed by atoms with van der Waals surface area (Å²) in [5.74, 6) is 0.836. The molecule has 0 radical (unpaired) electrons. The van der Waals surface area contributed by atoms with E-state index in [-0.39, 0.29) is 0 Å². The van der Waals surface area contributed by atoms with Gasteiger partial charge in [0.2, 0.25) is 0 Å². The van der Waals surface area contributed by atoms with Crippen LogP contribution in [0.5, 0.6) is 5.75 Å². The lowest BCUT2D eigenvalue weighted by atomic mass is 10.1. The molecule has 3 heteroatoms. The number of rotatable bonds is 1. The largest absolute Gasteiger partial charge is 0.497 e. The Labute approximate surface area is 93.1 Å². The van der Waals surface area contributed by atoms with Gasteiger partial charge >= 0.3 is 0 Å². The SMILES string of the molecule is COc1ccc2c(c1)ncc1c(C)c[nH]c12. The monoisotopic (exact) mass is 212 g/mol. The smallest absolute Gasteiger partial charge is 0.121 e. The Balaban J connectivity index is 2.43. The lowest BCUT2D eigenvalue weighted by molar-refractivity contribution is 0.415. The molecule has 0 bridgehead atoms. The van der Waals surface area contributed by atoms with Crippen LogP contribution in [-0.2, 0) is 0 Å². The molecule has 2 heterocycles. The summed E-state index contributed by atoms with van der Waals surface area (Å²) >= 11 is 0. The van der Waals surface area contributed by atoms with Crippen molar-refractivity contribution >= 4 is 21.8 Å². The zero-order chi connectivity index (χ0) is 11.1. The average Bonchev–Trinajstić information content (AvgIpc) is 2.70. The van der Waals surface area contributed by atoms with E-state index in [2.05, 4.69) is 16.9 Å². The van der Waals surface area contributed by atoms with Crippen LogP contribution in [0.2, 0.25) is 0 Å². The van der Waals surface area contributed by atoms with Crippen LogP contribution < -0.4 is 4.74 Å². The summed E-state index contributed by atoms with van der Waals surface area (Å²) in [5, 5.41) is 2.31. The zero-order valence-corrected chi connectivity index (χ0v) is 9.24. The predicted octanol–water partition coefficient (Wildman–Crippen LogP) is 3.03. The quantitative estimate of drug-likeness (QED) is 0.673. The molecule has 1 N–H and O–H groups in total. The molecule has 0 aliphatic heterocycles. The molecule has 0 fully saturated rings. The second-order valence-corrected chi connectivity index (χ2v) is 3.90. The number of pyridine rings is 1. The molecule has 0 spiro atoms. The van der Waals surface area contributed by atoms with Gasteiger partial charge in [-0.3, -0.25) is 4.98 Å². The number of nitrogens with zero attached hydrogens (tertiary/aromatic N) is 1. The van der Waals surface area contributed by atoms with E-state index in [4.69, 9.17) is 4.74 Å². The summed E-state index contributed by atoms with van der Waals surface area (Å²) in [6.07, 6.45) is 3.92. The molecular weight excluding hydrogens is 200 g/mol. The van der Waals surface area contributed by atoms with E-state index >= 15 is 0 Å². The van der Waals surface area contributed by atoms with Gasteiger partial charge in [-0.05, 0) is 24.6 Å². The van der Waals surface area contributed by atoms with Crippen LogP contribution in [0.3, 0.4) is 0 Å². The molecule has 0 aliphatic carbocycles. The molecule has 1 aromatic carbocycles. The Hall–Kier alpha value is -2.03. The standard InChI is InChI=1S/C13H12N2O/c1-8-6-15-13-10-4-3-9(16-2)5-12(10)14-7-11(8)13/h3-7,15H,1-2H3. The maximum absolute atomic E-state index is 5.19. The van der Waals surface area contributed by atoms with Crippen molar-refractivity contribution in [3.63, 3.8) is 0 Å². The molecule has 80 valence electrons. The van der Waals surface area contributed by atoms with Gasteiger partial charge < -0.3 is 9.72 Å². The molecule has 0 atom stereocenters. The summed E-state index contributed by atoms with van der Waals surface area (Å²) in [7, 11) is 1.67. The number of aromatic amines is 1. The Morgan fingerprint density at radius 1 is 1.25 bits per heavy atom.